The first-order chi connectivity index (χ1) is 8.22. The molecule has 0 unspecified atom stereocenters. The van der Waals surface area contributed by atoms with Crippen molar-refractivity contribution in [1.29, 1.82) is 0 Å². The number of piperidine rings is 1. The fourth-order valence-corrected chi connectivity index (χ4v) is 2.34. The van der Waals surface area contributed by atoms with Gasteiger partial charge in [0.15, 0.2) is 5.82 Å². The molecule has 0 spiro atoms. The largest absolute Gasteiger partial charge is 0.336 e. The summed E-state index contributed by atoms with van der Waals surface area (Å²) >= 11 is 0. The standard InChI is InChI=1S/C12H20N4O/c1-13-9-10-3-6-16(7-4-10)12(17)11-14-5-8-15(11)2/h5,8,10,13H,3-4,6-7,9H2,1-2H3. The van der Waals surface area contributed by atoms with Gasteiger partial charge in [-0.15, -0.1) is 0 Å². The molecule has 1 fully saturated rings. The summed E-state index contributed by atoms with van der Waals surface area (Å²) in [6.45, 7) is 2.74. The summed E-state index contributed by atoms with van der Waals surface area (Å²) in [5.74, 6) is 1.29. The number of rotatable bonds is 3. The van der Waals surface area contributed by atoms with Crippen molar-refractivity contribution < 1.29 is 4.79 Å². The summed E-state index contributed by atoms with van der Waals surface area (Å²) in [5.41, 5.74) is 0. The van der Waals surface area contributed by atoms with Gasteiger partial charge in [-0.3, -0.25) is 4.79 Å². The number of nitrogens with zero attached hydrogens (tertiary/aromatic N) is 3. The zero-order chi connectivity index (χ0) is 12.3. The number of likely N-dealkylation sites (tertiary alicyclic amines) is 1. The van der Waals surface area contributed by atoms with Gasteiger partial charge >= 0.3 is 0 Å². The van der Waals surface area contributed by atoms with E-state index in [1.807, 2.05) is 19.0 Å². The zero-order valence-electron chi connectivity index (χ0n) is 10.5. The van der Waals surface area contributed by atoms with Gasteiger partial charge in [0.2, 0.25) is 0 Å². The SMILES string of the molecule is CNCC1CCN(C(=O)c2nccn2C)CC1. The third-order valence-electron chi connectivity index (χ3n) is 3.41. The Morgan fingerprint density at radius 3 is 2.76 bits per heavy atom. The Labute approximate surface area is 102 Å². The van der Waals surface area contributed by atoms with Crippen LogP contribution < -0.4 is 5.32 Å². The highest BCUT2D eigenvalue weighted by atomic mass is 16.2. The molecule has 0 saturated carbocycles. The number of hydrogen-bond donors (Lipinski definition) is 1. The maximum atomic E-state index is 12.2. The lowest BCUT2D eigenvalue weighted by atomic mass is 9.97. The Morgan fingerprint density at radius 2 is 2.24 bits per heavy atom. The molecule has 1 aliphatic rings. The van der Waals surface area contributed by atoms with Crippen molar-refractivity contribution in [2.24, 2.45) is 13.0 Å². The molecule has 1 N–H and O–H groups in total. The van der Waals surface area contributed by atoms with Crippen molar-refractivity contribution in [3.63, 3.8) is 0 Å². The van der Waals surface area contributed by atoms with Crippen LogP contribution in [0, 0.1) is 5.92 Å². The molecule has 5 nitrogen and oxygen atoms in total. The third-order valence-corrected chi connectivity index (χ3v) is 3.41. The van der Waals surface area contributed by atoms with Crippen molar-refractivity contribution in [3.05, 3.63) is 18.2 Å². The van der Waals surface area contributed by atoms with E-state index in [2.05, 4.69) is 10.3 Å². The molecule has 0 radical (unpaired) electrons. The average Bonchev–Trinajstić information content (AvgIpc) is 2.76. The molecule has 1 amide bonds. The van der Waals surface area contributed by atoms with E-state index in [-0.39, 0.29) is 5.91 Å². The molecule has 1 aromatic heterocycles. The van der Waals surface area contributed by atoms with Crippen LogP contribution in [-0.2, 0) is 7.05 Å². The Balaban J connectivity index is 1.93. The molecule has 5 heteroatoms. The maximum Gasteiger partial charge on any atom is 0.289 e. The van der Waals surface area contributed by atoms with Crippen LogP contribution >= 0.6 is 0 Å². The second-order valence-electron chi connectivity index (χ2n) is 4.66. The fourth-order valence-electron chi connectivity index (χ4n) is 2.34. The first-order valence-corrected chi connectivity index (χ1v) is 6.13. The van der Waals surface area contributed by atoms with Gasteiger partial charge in [0.1, 0.15) is 0 Å². The Hall–Kier alpha value is -1.36. The van der Waals surface area contributed by atoms with Crippen LogP contribution in [-0.4, -0.2) is 47.0 Å². The molecule has 0 aliphatic carbocycles. The van der Waals surface area contributed by atoms with Gasteiger partial charge in [0, 0.05) is 32.5 Å². The molecule has 1 saturated heterocycles. The van der Waals surface area contributed by atoms with Crippen LogP contribution in [0.2, 0.25) is 0 Å². The Kier molecular flexibility index (Phi) is 3.78. The monoisotopic (exact) mass is 236 g/mol. The van der Waals surface area contributed by atoms with Crippen LogP contribution in [0.25, 0.3) is 0 Å². The van der Waals surface area contributed by atoms with E-state index in [0.717, 1.165) is 32.5 Å². The van der Waals surface area contributed by atoms with Crippen LogP contribution in [0.5, 0.6) is 0 Å². The maximum absolute atomic E-state index is 12.2. The van der Waals surface area contributed by atoms with Gasteiger partial charge in [-0.05, 0) is 32.4 Å². The molecule has 94 valence electrons. The van der Waals surface area contributed by atoms with E-state index >= 15 is 0 Å². The molecule has 1 aromatic rings. The van der Waals surface area contributed by atoms with Crippen molar-refractivity contribution >= 4 is 5.91 Å². The summed E-state index contributed by atoms with van der Waals surface area (Å²) in [7, 11) is 3.83. The van der Waals surface area contributed by atoms with Crippen molar-refractivity contribution in [3.8, 4) is 0 Å². The highest BCUT2D eigenvalue weighted by molar-refractivity contribution is 5.90. The lowest BCUT2D eigenvalue weighted by Gasteiger charge is -2.31. The van der Waals surface area contributed by atoms with E-state index in [1.54, 1.807) is 17.0 Å². The summed E-state index contributed by atoms with van der Waals surface area (Å²) in [6.07, 6.45) is 5.63. The van der Waals surface area contributed by atoms with E-state index in [9.17, 15) is 4.79 Å². The number of aryl methyl sites for hydroxylation is 1. The minimum absolute atomic E-state index is 0.0559. The van der Waals surface area contributed by atoms with Gasteiger partial charge in [0.25, 0.3) is 5.91 Å². The molecular weight excluding hydrogens is 216 g/mol. The van der Waals surface area contributed by atoms with Gasteiger partial charge < -0.3 is 14.8 Å². The predicted molar refractivity (Wildman–Crippen MR) is 65.8 cm³/mol. The van der Waals surface area contributed by atoms with Crippen molar-refractivity contribution in [2.75, 3.05) is 26.7 Å². The van der Waals surface area contributed by atoms with Crippen molar-refractivity contribution in [2.45, 2.75) is 12.8 Å². The second kappa shape index (κ2) is 5.31. The van der Waals surface area contributed by atoms with Crippen LogP contribution in [0.15, 0.2) is 12.4 Å². The first-order valence-electron chi connectivity index (χ1n) is 6.13. The number of imidazole rings is 1. The Bertz CT molecular complexity index is 380. The van der Waals surface area contributed by atoms with Gasteiger partial charge in [-0.1, -0.05) is 0 Å². The lowest BCUT2D eigenvalue weighted by molar-refractivity contribution is 0.0675. The third kappa shape index (κ3) is 2.66. The van der Waals surface area contributed by atoms with E-state index < -0.39 is 0 Å². The number of nitrogens with one attached hydrogen (secondary N) is 1. The molecule has 1 aliphatic heterocycles. The quantitative estimate of drug-likeness (QED) is 0.831. The van der Waals surface area contributed by atoms with E-state index in [1.165, 1.54) is 0 Å². The van der Waals surface area contributed by atoms with Crippen LogP contribution in [0.3, 0.4) is 0 Å². The summed E-state index contributed by atoms with van der Waals surface area (Å²) in [4.78, 5) is 18.2. The number of amides is 1. The van der Waals surface area contributed by atoms with Crippen LogP contribution in [0.4, 0.5) is 0 Å². The van der Waals surface area contributed by atoms with Gasteiger partial charge in [0.05, 0.1) is 0 Å². The molecule has 17 heavy (non-hydrogen) atoms. The normalized spacial score (nSPS) is 17.4. The second-order valence-corrected chi connectivity index (χ2v) is 4.66. The van der Waals surface area contributed by atoms with Gasteiger partial charge in [-0.25, -0.2) is 4.98 Å². The minimum atomic E-state index is 0.0559. The molecule has 2 rings (SSSR count). The van der Waals surface area contributed by atoms with E-state index in [0.29, 0.717) is 11.7 Å². The highest BCUT2D eigenvalue weighted by Gasteiger charge is 2.25. The van der Waals surface area contributed by atoms with Crippen LogP contribution in [0.1, 0.15) is 23.5 Å². The van der Waals surface area contributed by atoms with E-state index in [4.69, 9.17) is 0 Å². The zero-order valence-corrected chi connectivity index (χ0v) is 10.5. The molecule has 0 atom stereocenters. The summed E-state index contributed by atoms with van der Waals surface area (Å²) in [6, 6.07) is 0. The van der Waals surface area contributed by atoms with Gasteiger partial charge in [-0.2, -0.15) is 0 Å². The topological polar surface area (TPSA) is 50.2 Å². The molecule has 0 bridgehead atoms. The summed E-state index contributed by atoms with van der Waals surface area (Å²) < 4.78 is 1.78. The first kappa shape index (κ1) is 12.1. The number of carbonyl (C=O) groups is 1. The number of carbonyl (C=O) groups excluding carboxylic acids is 1. The number of hydrogen-bond acceptors (Lipinski definition) is 3. The predicted octanol–water partition coefficient (Wildman–Crippen LogP) is 0.492. The molecule has 0 aromatic carbocycles. The molecule has 2 heterocycles. The minimum Gasteiger partial charge on any atom is -0.336 e. The highest BCUT2D eigenvalue weighted by Crippen LogP contribution is 2.17. The summed E-state index contributed by atoms with van der Waals surface area (Å²) in [5, 5.41) is 3.20. The number of aromatic nitrogens is 2. The smallest absolute Gasteiger partial charge is 0.289 e. The van der Waals surface area contributed by atoms with Crippen molar-refractivity contribution in [1.82, 2.24) is 19.8 Å². The average molecular weight is 236 g/mol. The Morgan fingerprint density at radius 1 is 1.53 bits per heavy atom. The molecular formula is C12H20N4O. The fraction of sp³-hybridized carbons (Fsp3) is 0.667. The lowest BCUT2D eigenvalue weighted by Crippen LogP contribution is -2.41.